The van der Waals surface area contributed by atoms with Crippen molar-refractivity contribution >= 4 is 0 Å². The average molecular weight is 277 g/mol. The van der Waals surface area contributed by atoms with Gasteiger partial charge in [-0.2, -0.15) is 0 Å². The minimum atomic E-state index is -0.354. The van der Waals surface area contributed by atoms with E-state index in [1.54, 1.807) is 25.2 Å². The lowest BCUT2D eigenvalue weighted by molar-refractivity contribution is 0.410. The van der Waals surface area contributed by atoms with Crippen LogP contribution in [0.1, 0.15) is 22.7 Å². The zero-order valence-electron chi connectivity index (χ0n) is 11.7. The second kappa shape index (κ2) is 6.01. The van der Waals surface area contributed by atoms with Crippen LogP contribution >= 0.6 is 0 Å². The maximum Gasteiger partial charge on any atom is 0.132 e. The lowest BCUT2D eigenvalue weighted by atomic mass is 9.94. The van der Waals surface area contributed by atoms with Gasteiger partial charge in [-0.1, -0.05) is 12.1 Å². The number of aryl methyl sites for hydroxylation is 1. The van der Waals surface area contributed by atoms with Crippen LogP contribution in [0.3, 0.4) is 0 Å². The third-order valence-electron chi connectivity index (χ3n) is 3.35. The summed E-state index contributed by atoms with van der Waals surface area (Å²) in [6, 6.07) is 8.91. The number of methoxy groups -OCH3 is 1. The zero-order chi connectivity index (χ0) is 14.7. The predicted octanol–water partition coefficient (Wildman–Crippen LogP) is 3.59. The van der Waals surface area contributed by atoms with Crippen LogP contribution in [0.5, 0.6) is 5.75 Å². The van der Waals surface area contributed by atoms with Crippen LogP contribution < -0.4 is 10.1 Å². The Hall–Kier alpha value is -1.94. The van der Waals surface area contributed by atoms with Crippen LogP contribution in [-0.4, -0.2) is 14.2 Å². The molecule has 2 aromatic carbocycles. The van der Waals surface area contributed by atoms with E-state index < -0.39 is 0 Å². The average Bonchev–Trinajstić information content (AvgIpc) is 2.43. The first-order valence-corrected chi connectivity index (χ1v) is 6.33. The molecule has 0 radical (unpaired) electrons. The van der Waals surface area contributed by atoms with Crippen LogP contribution in [0.25, 0.3) is 0 Å². The number of ether oxygens (including phenoxy) is 1. The van der Waals surface area contributed by atoms with Crippen LogP contribution in [-0.2, 0) is 0 Å². The summed E-state index contributed by atoms with van der Waals surface area (Å²) < 4.78 is 32.4. The second-order valence-corrected chi connectivity index (χ2v) is 4.61. The Labute approximate surface area is 117 Å². The molecular weight excluding hydrogens is 260 g/mol. The molecule has 1 atom stereocenters. The highest BCUT2D eigenvalue weighted by atomic mass is 19.1. The number of rotatable bonds is 4. The van der Waals surface area contributed by atoms with Crippen molar-refractivity contribution in [3.63, 3.8) is 0 Å². The van der Waals surface area contributed by atoms with Crippen LogP contribution in [0.4, 0.5) is 8.78 Å². The van der Waals surface area contributed by atoms with Gasteiger partial charge in [-0.15, -0.1) is 0 Å². The van der Waals surface area contributed by atoms with Gasteiger partial charge in [0.2, 0.25) is 0 Å². The fourth-order valence-electron chi connectivity index (χ4n) is 2.31. The molecule has 0 aliphatic carbocycles. The molecule has 2 aromatic rings. The third-order valence-corrected chi connectivity index (χ3v) is 3.35. The molecule has 20 heavy (non-hydrogen) atoms. The Balaban J connectivity index is 2.47. The van der Waals surface area contributed by atoms with Crippen molar-refractivity contribution in [3.8, 4) is 5.75 Å². The minimum absolute atomic E-state index is 0.295. The van der Waals surface area contributed by atoms with Gasteiger partial charge in [0.05, 0.1) is 13.2 Å². The van der Waals surface area contributed by atoms with E-state index in [4.69, 9.17) is 4.74 Å². The molecule has 0 aliphatic rings. The highest BCUT2D eigenvalue weighted by Crippen LogP contribution is 2.29. The van der Waals surface area contributed by atoms with E-state index in [2.05, 4.69) is 5.32 Å². The summed E-state index contributed by atoms with van der Waals surface area (Å²) in [5.74, 6) is -0.180. The first-order valence-electron chi connectivity index (χ1n) is 6.33. The number of hydrogen-bond donors (Lipinski definition) is 1. The molecule has 4 heteroatoms. The predicted molar refractivity (Wildman–Crippen MR) is 75.0 cm³/mol. The van der Waals surface area contributed by atoms with Gasteiger partial charge in [0.25, 0.3) is 0 Å². The first kappa shape index (κ1) is 14.5. The van der Waals surface area contributed by atoms with Gasteiger partial charge >= 0.3 is 0 Å². The summed E-state index contributed by atoms with van der Waals surface area (Å²) in [6.45, 7) is 1.81. The molecule has 2 rings (SSSR count). The third kappa shape index (κ3) is 2.80. The van der Waals surface area contributed by atoms with Crippen molar-refractivity contribution in [2.45, 2.75) is 13.0 Å². The van der Waals surface area contributed by atoms with Gasteiger partial charge < -0.3 is 10.1 Å². The molecule has 1 unspecified atom stereocenters. The highest BCUT2D eigenvalue weighted by Gasteiger charge is 2.18. The molecule has 0 aliphatic heterocycles. The van der Waals surface area contributed by atoms with Gasteiger partial charge in [-0.05, 0) is 43.3 Å². The molecule has 2 nitrogen and oxygen atoms in total. The van der Waals surface area contributed by atoms with Crippen molar-refractivity contribution in [1.29, 1.82) is 0 Å². The molecule has 0 fully saturated rings. The quantitative estimate of drug-likeness (QED) is 0.922. The molecule has 0 amide bonds. The van der Waals surface area contributed by atoms with Crippen molar-refractivity contribution in [2.75, 3.05) is 14.2 Å². The first-order chi connectivity index (χ1) is 9.56. The summed E-state index contributed by atoms with van der Waals surface area (Å²) in [6.07, 6.45) is 0. The van der Waals surface area contributed by atoms with Gasteiger partial charge in [0, 0.05) is 11.6 Å². The lowest BCUT2D eigenvalue weighted by Crippen LogP contribution is -2.20. The zero-order valence-corrected chi connectivity index (χ0v) is 11.7. The SMILES string of the molecule is CNC(c1ccc(F)cc1C)c1ccc(OC)cc1F. The van der Waals surface area contributed by atoms with E-state index in [0.29, 0.717) is 11.3 Å². The number of nitrogens with one attached hydrogen (secondary N) is 1. The van der Waals surface area contributed by atoms with E-state index >= 15 is 0 Å². The summed E-state index contributed by atoms with van der Waals surface area (Å²) in [7, 11) is 3.24. The van der Waals surface area contributed by atoms with Gasteiger partial charge in [-0.25, -0.2) is 8.78 Å². The summed E-state index contributed by atoms with van der Waals surface area (Å²) in [5, 5.41) is 3.07. The minimum Gasteiger partial charge on any atom is -0.497 e. The van der Waals surface area contributed by atoms with Crippen LogP contribution in [0.15, 0.2) is 36.4 Å². The summed E-state index contributed by atoms with van der Waals surface area (Å²) >= 11 is 0. The Morgan fingerprint density at radius 3 is 2.30 bits per heavy atom. The van der Waals surface area contributed by atoms with Gasteiger partial charge in [0.1, 0.15) is 17.4 Å². The van der Waals surface area contributed by atoms with Crippen molar-refractivity contribution in [1.82, 2.24) is 5.32 Å². The summed E-state index contributed by atoms with van der Waals surface area (Å²) in [4.78, 5) is 0. The summed E-state index contributed by atoms with van der Waals surface area (Å²) in [5.41, 5.74) is 2.13. The van der Waals surface area contributed by atoms with Crippen molar-refractivity contribution < 1.29 is 13.5 Å². The molecule has 1 N–H and O–H groups in total. The number of halogens is 2. The Bertz CT molecular complexity index is 613. The standard InChI is InChI=1S/C16H17F2NO/c1-10-8-11(17)4-6-13(10)16(19-2)14-7-5-12(20-3)9-15(14)18/h4-9,16,19H,1-3H3. The highest BCUT2D eigenvalue weighted by molar-refractivity contribution is 5.40. The van der Waals surface area contributed by atoms with E-state index in [0.717, 1.165) is 11.1 Å². The Morgan fingerprint density at radius 2 is 1.75 bits per heavy atom. The molecule has 0 heterocycles. The molecule has 0 bridgehead atoms. The lowest BCUT2D eigenvalue weighted by Gasteiger charge is -2.20. The van der Waals surface area contributed by atoms with Crippen LogP contribution in [0, 0.1) is 18.6 Å². The van der Waals surface area contributed by atoms with Crippen molar-refractivity contribution in [3.05, 3.63) is 64.7 Å². The van der Waals surface area contributed by atoms with Crippen molar-refractivity contribution in [2.24, 2.45) is 0 Å². The molecule has 0 saturated carbocycles. The Kier molecular flexibility index (Phi) is 4.35. The van der Waals surface area contributed by atoms with E-state index in [9.17, 15) is 8.78 Å². The van der Waals surface area contributed by atoms with E-state index in [1.807, 2.05) is 6.92 Å². The molecule has 0 saturated heterocycles. The van der Waals surface area contributed by atoms with E-state index in [-0.39, 0.29) is 17.7 Å². The number of hydrogen-bond acceptors (Lipinski definition) is 2. The molecule has 106 valence electrons. The molecular formula is C16H17F2NO. The van der Waals surface area contributed by atoms with Gasteiger partial charge in [0.15, 0.2) is 0 Å². The maximum atomic E-state index is 14.2. The molecule has 0 aromatic heterocycles. The van der Waals surface area contributed by atoms with E-state index in [1.165, 1.54) is 25.3 Å². The maximum absolute atomic E-state index is 14.2. The normalized spacial score (nSPS) is 12.2. The topological polar surface area (TPSA) is 21.3 Å². The Morgan fingerprint density at radius 1 is 1.05 bits per heavy atom. The monoisotopic (exact) mass is 277 g/mol. The number of benzene rings is 2. The molecule has 0 spiro atoms. The van der Waals surface area contributed by atoms with Gasteiger partial charge in [-0.3, -0.25) is 0 Å². The second-order valence-electron chi connectivity index (χ2n) is 4.61. The smallest absolute Gasteiger partial charge is 0.132 e. The fourth-order valence-corrected chi connectivity index (χ4v) is 2.31. The van der Waals surface area contributed by atoms with Crippen LogP contribution in [0.2, 0.25) is 0 Å². The fraction of sp³-hybridized carbons (Fsp3) is 0.250. The largest absolute Gasteiger partial charge is 0.497 e.